The first-order chi connectivity index (χ1) is 3.46. The smallest absolute Gasteiger partial charge is 0.907 e. The van der Waals surface area contributed by atoms with Gasteiger partial charge in [-0.15, -0.1) is 6.58 Å². The molecule has 0 heterocycles. The maximum atomic E-state index is 8.42. The minimum Gasteiger partial charge on any atom is -0.907 e. The first kappa shape index (κ1) is 29.6. The van der Waals surface area contributed by atoms with Gasteiger partial charge in [0.1, 0.15) is 0 Å². The molecule has 0 saturated heterocycles. The third kappa shape index (κ3) is 110. The van der Waals surface area contributed by atoms with E-state index in [1.54, 1.807) is 0 Å². The van der Waals surface area contributed by atoms with Crippen LogP contribution in [0.25, 0.3) is 0 Å². The van der Waals surface area contributed by atoms with Gasteiger partial charge in [0.05, 0.1) is 0 Å². The van der Waals surface area contributed by atoms with E-state index < -0.39 is 7.32 Å². The molecule has 0 atom stereocenters. The predicted octanol–water partition coefficient (Wildman–Crippen LogP) is -11.4. The van der Waals surface area contributed by atoms with Crippen molar-refractivity contribution >= 4 is 7.32 Å². The Kier molecular flexibility index (Phi) is 64.6. The van der Waals surface area contributed by atoms with Crippen molar-refractivity contribution in [3.8, 4) is 0 Å². The van der Waals surface area contributed by atoms with Crippen molar-refractivity contribution in [1.82, 2.24) is 0 Å². The van der Waals surface area contributed by atoms with E-state index in [-0.39, 0.29) is 154 Å². The fourth-order valence-corrected chi connectivity index (χ4v) is 0. The molecule has 0 aromatic carbocycles. The molecule has 0 aliphatic carbocycles. The summed E-state index contributed by atoms with van der Waals surface area (Å²) in [6, 6.07) is 0. The molecule has 0 unspecified atom stereocenters. The quantitative estimate of drug-likeness (QED) is 0.307. The van der Waals surface area contributed by atoms with Crippen molar-refractivity contribution in [3.05, 3.63) is 12.2 Å². The van der Waals surface area contributed by atoms with E-state index in [2.05, 4.69) is 6.58 Å². The third-order valence-electron chi connectivity index (χ3n) is 0. The molecule has 7 heteroatoms. The maximum Gasteiger partial charge on any atom is 1.00 e. The van der Waals surface area contributed by atoms with E-state index in [1.165, 1.54) is 5.57 Å². The molecule has 48 valence electrons. The molecule has 0 N–H and O–H groups in total. The summed E-state index contributed by atoms with van der Waals surface area (Å²) in [6.45, 7) is 7.50. The van der Waals surface area contributed by atoms with Crippen LogP contribution >= 0.6 is 0 Å². The van der Waals surface area contributed by atoms with Crippen molar-refractivity contribution in [2.75, 3.05) is 0 Å². The molecule has 0 bridgehead atoms. The van der Waals surface area contributed by atoms with E-state index in [1.807, 2.05) is 13.8 Å². The van der Waals surface area contributed by atoms with Crippen LogP contribution in [0.5, 0.6) is 0 Å². The average Bonchev–Trinajstić information content (AvgIpc) is 1.25. The van der Waals surface area contributed by atoms with Crippen molar-refractivity contribution in [1.29, 1.82) is 0 Å². The van der Waals surface area contributed by atoms with Crippen LogP contribution in [0, 0.1) is 0 Å². The van der Waals surface area contributed by atoms with E-state index in [0.29, 0.717) is 0 Å². The van der Waals surface area contributed by atoms with Crippen LogP contribution in [0.4, 0.5) is 0 Å². The maximum absolute atomic E-state index is 8.42. The van der Waals surface area contributed by atoms with E-state index in [4.69, 9.17) is 15.1 Å². The van der Waals surface area contributed by atoms with Gasteiger partial charge in [0, 0.05) is 0 Å². The Morgan fingerprint density at radius 3 is 1.00 bits per heavy atom. The summed E-state index contributed by atoms with van der Waals surface area (Å²) in [5, 5.41) is 25.2. The summed E-state index contributed by atoms with van der Waals surface area (Å²) in [4.78, 5) is 0. The second kappa shape index (κ2) is 24.0. The summed E-state index contributed by atoms with van der Waals surface area (Å²) in [7, 11) is -2.92. The second-order valence-corrected chi connectivity index (χ2v) is 1.50. The zero-order valence-corrected chi connectivity index (χ0v) is 17.4. The van der Waals surface area contributed by atoms with Gasteiger partial charge in [-0.3, -0.25) is 7.32 Å². The fraction of sp³-hybridized carbons (Fsp3) is 0.500. The molecular weight excluding hydrogens is 224 g/mol. The van der Waals surface area contributed by atoms with Gasteiger partial charge in [0.15, 0.2) is 0 Å². The van der Waals surface area contributed by atoms with Crippen LogP contribution in [0.15, 0.2) is 12.2 Å². The molecule has 0 rings (SSSR count). The Hall–Kier alpha value is 4.59. The largest absolute Gasteiger partial charge is 1.00 e. The summed E-state index contributed by atoms with van der Waals surface area (Å²) >= 11 is 0. The summed E-state index contributed by atoms with van der Waals surface area (Å²) < 4.78 is 0. The fourth-order valence-electron chi connectivity index (χ4n) is 0. The molecule has 0 spiro atoms. The van der Waals surface area contributed by atoms with Crippen LogP contribution in [0.2, 0.25) is 0 Å². The molecule has 0 saturated carbocycles. The molecule has 0 aliphatic heterocycles. The third-order valence-corrected chi connectivity index (χ3v) is 0. The molecule has 11 heavy (non-hydrogen) atoms. The van der Waals surface area contributed by atoms with Crippen LogP contribution in [-0.4, -0.2) is 7.32 Å². The van der Waals surface area contributed by atoms with Gasteiger partial charge < -0.3 is 15.1 Å². The van der Waals surface area contributed by atoms with Crippen LogP contribution in [0.1, 0.15) is 13.8 Å². The van der Waals surface area contributed by atoms with Crippen LogP contribution in [-0.2, 0) is 0 Å². The first-order valence-electron chi connectivity index (χ1n) is 2.06. The van der Waals surface area contributed by atoms with Crippen molar-refractivity contribution in [2.24, 2.45) is 0 Å². The normalized spacial score (nSPS) is 4.82. The molecule has 0 aromatic rings. The Morgan fingerprint density at radius 2 is 1.00 bits per heavy atom. The van der Waals surface area contributed by atoms with Gasteiger partial charge in [0.25, 0.3) is 0 Å². The van der Waals surface area contributed by atoms with Gasteiger partial charge in [-0.2, -0.15) is 0 Å². The van der Waals surface area contributed by atoms with Crippen molar-refractivity contribution < 1.29 is 169 Å². The standard InChI is InChI=1S/C4H8.BO3.3K/c1-4(2)3;2-1(3)4;;;/h1H2,2-3H3;;;;/q;-3;3*+1. The minimum atomic E-state index is -2.92. The van der Waals surface area contributed by atoms with Gasteiger partial charge in [0.2, 0.25) is 0 Å². The zero-order valence-electron chi connectivity index (χ0n) is 8.01. The van der Waals surface area contributed by atoms with E-state index in [0.717, 1.165) is 0 Å². The van der Waals surface area contributed by atoms with E-state index >= 15 is 0 Å². The Bertz CT molecular complexity index is 64.8. The van der Waals surface area contributed by atoms with Gasteiger partial charge >= 0.3 is 154 Å². The molecule has 0 aliphatic rings. The minimum absolute atomic E-state index is 0. The number of rotatable bonds is 0. The van der Waals surface area contributed by atoms with Gasteiger partial charge in [-0.25, -0.2) is 0 Å². The molecule has 0 fully saturated rings. The SMILES string of the molecule is C=C(C)C.[K+].[K+].[K+].[O-]B([O-])[O-]. The second-order valence-electron chi connectivity index (χ2n) is 1.50. The Labute approximate surface area is 196 Å². The molecule has 0 amide bonds. The van der Waals surface area contributed by atoms with Crippen LogP contribution < -0.4 is 169 Å². The van der Waals surface area contributed by atoms with Gasteiger partial charge in [-0.05, 0) is 13.8 Å². The molecule has 0 aromatic heterocycles. The van der Waals surface area contributed by atoms with Gasteiger partial charge in [-0.1, -0.05) is 5.57 Å². The van der Waals surface area contributed by atoms with Crippen molar-refractivity contribution in [3.63, 3.8) is 0 Å². The average molecular weight is 232 g/mol. The Balaban J connectivity index is -0.0000000171. The monoisotopic (exact) mass is 232 g/mol. The summed E-state index contributed by atoms with van der Waals surface area (Å²) in [5.74, 6) is 0. The molecule has 3 nitrogen and oxygen atoms in total. The zero-order chi connectivity index (χ0) is 7.15. The number of hydrogen-bond donors (Lipinski definition) is 0. The summed E-state index contributed by atoms with van der Waals surface area (Å²) in [5.41, 5.74) is 1.17. The van der Waals surface area contributed by atoms with Crippen LogP contribution in [0.3, 0.4) is 0 Å². The first-order valence-corrected chi connectivity index (χ1v) is 2.06. The predicted molar refractivity (Wildman–Crippen MR) is 26.2 cm³/mol. The van der Waals surface area contributed by atoms with E-state index in [9.17, 15) is 0 Å². The number of allylic oxidation sites excluding steroid dienone is 1. The topological polar surface area (TPSA) is 69.2 Å². The van der Waals surface area contributed by atoms with Crippen molar-refractivity contribution in [2.45, 2.75) is 13.8 Å². The number of hydrogen-bond acceptors (Lipinski definition) is 3. The summed E-state index contributed by atoms with van der Waals surface area (Å²) in [6.07, 6.45) is 0. The molecule has 0 radical (unpaired) electrons. The molecular formula is C4H8BK3O3. The Morgan fingerprint density at radius 1 is 1.00 bits per heavy atom.